The van der Waals surface area contributed by atoms with Crippen molar-refractivity contribution in [1.29, 1.82) is 0 Å². The van der Waals surface area contributed by atoms with Crippen LogP contribution in [0, 0.1) is 12.5 Å². The zero-order chi connectivity index (χ0) is 26.6. The molecule has 2 aliphatic rings. The van der Waals surface area contributed by atoms with Crippen LogP contribution >= 0.6 is 0 Å². The molecular formula is C31H34N6O2. The topological polar surface area (TPSA) is 59.5 Å². The standard InChI is InChI=1S/C31H34N6O2/c1-32-27-11-9-26(10-12-27)29-28(25-7-5-23(6-8-25)21-36-16-18-38-19-17-36)30-33-13-15-37(30)31(34-29)39-22-24-4-3-14-35(2)20-24/h5-13,15,24H,3-4,14,16-22H2,2H3/t24-/m1/s1. The van der Waals surface area contributed by atoms with Crippen LogP contribution in [0.3, 0.4) is 0 Å². The van der Waals surface area contributed by atoms with Gasteiger partial charge >= 0.3 is 6.01 Å². The molecule has 2 aromatic heterocycles. The van der Waals surface area contributed by atoms with Gasteiger partial charge in [0.25, 0.3) is 0 Å². The predicted molar refractivity (Wildman–Crippen MR) is 152 cm³/mol. The van der Waals surface area contributed by atoms with Crippen LogP contribution in [0.15, 0.2) is 60.9 Å². The molecule has 4 heterocycles. The average Bonchev–Trinajstić information content (AvgIpc) is 3.47. The van der Waals surface area contributed by atoms with E-state index in [0.29, 0.717) is 24.2 Å². The van der Waals surface area contributed by atoms with Crippen molar-refractivity contribution >= 4 is 11.3 Å². The minimum Gasteiger partial charge on any atom is -0.464 e. The molecule has 2 aromatic carbocycles. The lowest BCUT2D eigenvalue weighted by molar-refractivity contribution is 0.0342. The normalized spacial score (nSPS) is 18.7. The van der Waals surface area contributed by atoms with E-state index >= 15 is 0 Å². The van der Waals surface area contributed by atoms with Gasteiger partial charge in [-0.25, -0.2) is 9.83 Å². The Hall–Kier alpha value is -3.77. The first-order chi connectivity index (χ1) is 19.2. The number of ether oxygens (including phenoxy) is 2. The highest BCUT2D eigenvalue weighted by molar-refractivity contribution is 5.90. The third kappa shape index (κ3) is 5.66. The van der Waals surface area contributed by atoms with E-state index in [0.717, 1.165) is 80.4 Å². The van der Waals surface area contributed by atoms with Crippen molar-refractivity contribution in [3.8, 4) is 28.4 Å². The molecule has 0 amide bonds. The van der Waals surface area contributed by atoms with Crippen LogP contribution in [0.5, 0.6) is 6.01 Å². The van der Waals surface area contributed by atoms with Gasteiger partial charge in [0.05, 0.1) is 37.7 Å². The summed E-state index contributed by atoms with van der Waals surface area (Å²) in [5.74, 6) is 0.476. The first kappa shape index (κ1) is 25.5. The number of benzene rings is 2. The van der Waals surface area contributed by atoms with Crippen LogP contribution in [0.1, 0.15) is 18.4 Å². The molecule has 8 nitrogen and oxygen atoms in total. The Balaban J connectivity index is 1.37. The lowest BCUT2D eigenvalue weighted by Crippen LogP contribution is -2.35. The van der Waals surface area contributed by atoms with Crippen molar-refractivity contribution in [2.45, 2.75) is 19.4 Å². The summed E-state index contributed by atoms with van der Waals surface area (Å²) in [4.78, 5) is 18.2. The van der Waals surface area contributed by atoms with Gasteiger partial charge in [-0.05, 0) is 43.1 Å². The van der Waals surface area contributed by atoms with Gasteiger partial charge in [-0.1, -0.05) is 48.5 Å². The fourth-order valence-electron chi connectivity index (χ4n) is 5.62. The quantitative estimate of drug-likeness (QED) is 0.312. The molecule has 0 unspecified atom stereocenters. The van der Waals surface area contributed by atoms with Crippen LogP contribution in [-0.2, 0) is 11.3 Å². The Kier molecular flexibility index (Phi) is 7.55. The molecule has 2 saturated heterocycles. The molecule has 0 bridgehead atoms. The summed E-state index contributed by atoms with van der Waals surface area (Å²) in [7, 11) is 2.17. The predicted octanol–water partition coefficient (Wildman–Crippen LogP) is 5.17. The number of rotatable bonds is 7. The Morgan fingerprint density at radius 2 is 1.79 bits per heavy atom. The number of aromatic nitrogens is 3. The third-order valence-corrected chi connectivity index (χ3v) is 7.71. The number of hydrogen-bond donors (Lipinski definition) is 0. The summed E-state index contributed by atoms with van der Waals surface area (Å²) < 4.78 is 13.8. The monoisotopic (exact) mass is 522 g/mol. The zero-order valence-electron chi connectivity index (χ0n) is 22.4. The minimum absolute atomic E-state index is 0.476. The molecule has 6 rings (SSSR count). The summed E-state index contributed by atoms with van der Waals surface area (Å²) in [5, 5.41) is 0. The van der Waals surface area contributed by atoms with Crippen LogP contribution in [-0.4, -0.2) is 77.2 Å². The first-order valence-electron chi connectivity index (χ1n) is 13.7. The number of nitrogens with zero attached hydrogens (tertiary/aromatic N) is 6. The molecule has 2 aliphatic heterocycles. The molecule has 2 fully saturated rings. The van der Waals surface area contributed by atoms with E-state index in [4.69, 9.17) is 26.0 Å². The van der Waals surface area contributed by atoms with Gasteiger partial charge in [0.1, 0.15) is 0 Å². The molecule has 0 saturated carbocycles. The van der Waals surface area contributed by atoms with E-state index in [1.807, 2.05) is 34.9 Å². The summed E-state index contributed by atoms with van der Waals surface area (Å²) >= 11 is 0. The van der Waals surface area contributed by atoms with Gasteiger partial charge in [0, 0.05) is 44.5 Å². The second kappa shape index (κ2) is 11.5. The van der Waals surface area contributed by atoms with Gasteiger partial charge in [-0.3, -0.25) is 9.30 Å². The smallest absolute Gasteiger partial charge is 0.302 e. The Morgan fingerprint density at radius 1 is 1.03 bits per heavy atom. The van der Waals surface area contributed by atoms with Gasteiger partial charge in [-0.15, -0.1) is 0 Å². The molecule has 0 aliphatic carbocycles. The molecule has 4 aromatic rings. The first-order valence-corrected chi connectivity index (χ1v) is 13.7. The van der Waals surface area contributed by atoms with Crippen LogP contribution < -0.4 is 4.74 Å². The van der Waals surface area contributed by atoms with Crippen molar-refractivity contribution in [3.05, 3.63) is 77.9 Å². The van der Waals surface area contributed by atoms with E-state index in [-0.39, 0.29) is 0 Å². The van der Waals surface area contributed by atoms with Gasteiger partial charge < -0.3 is 14.4 Å². The van der Waals surface area contributed by atoms with Gasteiger partial charge in [0.2, 0.25) is 0 Å². The molecular weight excluding hydrogens is 488 g/mol. The third-order valence-electron chi connectivity index (χ3n) is 7.71. The minimum atomic E-state index is 0.476. The van der Waals surface area contributed by atoms with Crippen molar-refractivity contribution in [3.63, 3.8) is 0 Å². The van der Waals surface area contributed by atoms with Gasteiger partial charge in [-0.2, -0.15) is 4.98 Å². The van der Waals surface area contributed by atoms with E-state index in [1.165, 1.54) is 12.0 Å². The molecule has 0 radical (unpaired) electrons. The number of hydrogen-bond acceptors (Lipinski definition) is 6. The highest BCUT2D eigenvalue weighted by atomic mass is 16.5. The SMILES string of the molecule is [C-]#[N+]c1ccc(-c2nc(OC[C@@H]3CCCN(C)C3)n3ccnc3c2-c2ccc(CN3CCOCC3)cc2)cc1. The number of morpholine rings is 1. The van der Waals surface area contributed by atoms with E-state index in [1.54, 1.807) is 6.20 Å². The van der Waals surface area contributed by atoms with E-state index in [2.05, 4.69) is 46.0 Å². The van der Waals surface area contributed by atoms with E-state index < -0.39 is 0 Å². The van der Waals surface area contributed by atoms with Crippen molar-refractivity contribution < 1.29 is 9.47 Å². The van der Waals surface area contributed by atoms with Crippen LogP contribution in [0.25, 0.3) is 32.9 Å². The fourth-order valence-corrected chi connectivity index (χ4v) is 5.62. The fraction of sp³-hybridized carbons (Fsp3) is 0.387. The maximum absolute atomic E-state index is 7.36. The summed E-state index contributed by atoms with van der Waals surface area (Å²) in [6.07, 6.45) is 6.09. The molecule has 0 N–H and O–H groups in total. The van der Waals surface area contributed by atoms with Crippen molar-refractivity contribution in [1.82, 2.24) is 24.2 Å². The number of imidazole rings is 1. The van der Waals surface area contributed by atoms with Gasteiger partial charge in [0.15, 0.2) is 11.3 Å². The average molecular weight is 523 g/mol. The number of piperidine rings is 1. The maximum Gasteiger partial charge on any atom is 0.302 e. The molecule has 200 valence electrons. The number of fused-ring (bicyclic) bond motifs is 1. The summed E-state index contributed by atoms with van der Waals surface area (Å²) in [6, 6.07) is 16.9. The van der Waals surface area contributed by atoms with Crippen LogP contribution in [0.2, 0.25) is 0 Å². The second-order valence-electron chi connectivity index (χ2n) is 10.6. The second-order valence-corrected chi connectivity index (χ2v) is 10.6. The summed E-state index contributed by atoms with van der Waals surface area (Å²) in [6.45, 7) is 14.6. The Bertz CT molecular complexity index is 1450. The Morgan fingerprint density at radius 3 is 2.54 bits per heavy atom. The molecule has 39 heavy (non-hydrogen) atoms. The van der Waals surface area contributed by atoms with Crippen molar-refractivity contribution in [2.75, 3.05) is 53.0 Å². The van der Waals surface area contributed by atoms with Crippen LogP contribution in [0.4, 0.5) is 5.69 Å². The highest BCUT2D eigenvalue weighted by Gasteiger charge is 2.22. The molecule has 8 heteroatoms. The molecule has 1 atom stereocenters. The Labute approximate surface area is 229 Å². The lowest BCUT2D eigenvalue weighted by Gasteiger charge is -2.29. The zero-order valence-corrected chi connectivity index (χ0v) is 22.4. The van der Waals surface area contributed by atoms with E-state index in [9.17, 15) is 0 Å². The largest absolute Gasteiger partial charge is 0.464 e. The van der Waals surface area contributed by atoms with Crippen molar-refractivity contribution in [2.24, 2.45) is 5.92 Å². The lowest BCUT2D eigenvalue weighted by atomic mass is 9.98. The number of likely N-dealkylation sites (tertiary alicyclic amines) is 1. The molecule has 0 spiro atoms. The maximum atomic E-state index is 7.36. The highest BCUT2D eigenvalue weighted by Crippen LogP contribution is 2.37. The summed E-state index contributed by atoms with van der Waals surface area (Å²) in [5.41, 5.74) is 6.43.